The summed E-state index contributed by atoms with van der Waals surface area (Å²) in [5, 5.41) is 0. The zero-order valence-electron chi connectivity index (χ0n) is 9.57. The van der Waals surface area contributed by atoms with Crippen LogP contribution in [-0.2, 0) is 0 Å². The third kappa shape index (κ3) is 1.30. The Bertz CT molecular complexity index is 358. The van der Waals surface area contributed by atoms with Crippen molar-refractivity contribution in [2.24, 2.45) is 0 Å². The molecule has 0 saturated carbocycles. The maximum atomic E-state index is 2.35. The SMILES string of the molecule is CC1=CCC(C2=C(C)C(C)=CC2)=C1C. The summed E-state index contributed by atoms with van der Waals surface area (Å²) >= 11 is 0. The highest BCUT2D eigenvalue weighted by molar-refractivity contribution is 5.56. The Morgan fingerprint density at radius 1 is 0.714 bits per heavy atom. The van der Waals surface area contributed by atoms with E-state index >= 15 is 0 Å². The van der Waals surface area contributed by atoms with Crippen LogP contribution in [0.15, 0.2) is 45.6 Å². The van der Waals surface area contributed by atoms with Gasteiger partial charge in [0.2, 0.25) is 0 Å². The molecule has 0 atom stereocenters. The van der Waals surface area contributed by atoms with Crippen LogP contribution in [0.1, 0.15) is 40.5 Å². The predicted molar refractivity (Wildman–Crippen MR) is 62.1 cm³/mol. The van der Waals surface area contributed by atoms with E-state index in [-0.39, 0.29) is 0 Å². The van der Waals surface area contributed by atoms with E-state index in [2.05, 4.69) is 39.8 Å². The van der Waals surface area contributed by atoms with Crippen LogP contribution in [-0.4, -0.2) is 0 Å². The van der Waals surface area contributed by atoms with Crippen molar-refractivity contribution in [3.05, 3.63) is 45.6 Å². The van der Waals surface area contributed by atoms with Crippen molar-refractivity contribution >= 4 is 0 Å². The second-order valence-corrected chi connectivity index (χ2v) is 4.39. The Labute approximate surface area is 86.7 Å². The molecule has 0 aromatic heterocycles. The molecule has 0 aliphatic heterocycles. The molecular formula is C14H18. The van der Waals surface area contributed by atoms with Gasteiger partial charge in [-0.3, -0.25) is 0 Å². The molecule has 0 amide bonds. The van der Waals surface area contributed by atoms with Crippen LogP contribution < -0.4 is 0 Å². The Morgan fingerprint density at radius 2 is 1.07 bits per heavy atom. The normalized spacial score (nSPS) is 22.0. The van der Waals surface area contributed by atoms with Gasteiger partial charge in [-0.2, -0.15) is 0 Å². The Balaban J connectivity index is 2.38. The van der Waals surface area contributed by atoms with Crippen molar-refractivity contribution in [3.63, 3.8) is 0 Å². The van der Waals surface area contributed by atoms with Gasteiger partial charge < -0.3 is 0 Å². The minimum Gasteiger partial charge on any atom is -0.0769 e. The summed E-state index contributed by atoms with van der Waals surface area (Å²) in [5.41, 5.74) is 9.08. The summed E-state index contributed by atoms with van der Waals surface area (Å²) in [6.45, 7) is 8.94. The fourth-order valence-electron chi connectivity index (χ4n) is 2.30. The van der Waals surface area contributed by atoms with Crippen LogP contribution in [0.4, 0.5) is 0 Å². The predicted octanol–water partition coefficient (Wildman–Crippen LogP) is 4.32. The van der Waals surface area contributed by atoms with Gasteiger partial charge in [0.15, 0.2) is 0 Å². The fourth-order valence-corrected chi connectivity index (χ4v) is 2.30. The molecule has 0 N–H and O–H groups in total. The first-order valence-corrected chi connectivity index (χ1v) is 5.35. The topological polar surface area (TPSA) is 0 Å². The first-order chi connectivity index (χ1) is 6.61. The summed E-state index contributed by atoms with van der Waals surface area (Å²) in [4.78, 5) is 0. The van der Waals surface area contributed by atoms with Crippen molar-refractivity contribution in [1.29, 1.82) is 0 Å². The lowest BCUT2D eigenvalue weighted by molar-refractivity contribution is 1.14. The molecule has 0 bridgehead atoms. The second-order valence-electron chi connectivity index (χ2n) is 4.39. The van der Waals surface area contributed by atoms with Gasteiger partial charge in [-0.25, -0.2) is 0 Å². The molecule has 2 rings (SSSR count). The molecule has 0 heteroatoms. The maximum absolute atomic E-state index is 2.35. The highest BCUT2D eigenvalue weighted by Gasteiger charge is 2.19. The quantitative estimate of drug-likeness (QED) is 0.572. The Hall–Kier alpha value is -1.04. The van der Waals surface area contributed by atoms with Crippen LogP contribution in [0, 0.1) is 0 Å². The van der Waals surface area contributed by atoms with Gasteiger partial charge in [-0.15, -0.1) is 0 Å². The third-order valence-corrected chi connectivity index (χ3v) is 3.68. The van der Waals surface area contributed by atoms with Gasteiger partial charge in [0.1, 0.15) is 0 Å². The summed E-state index contributed by atoms with van der Waals surface area (Å²) in [7, 11) is 0. The van der Waals surface area contributed by atoms with Gasteiger partial charge in [-0.1, -0.05) is 23.3 Å². The van der Waals surface area contributed by atoms with E-state index in [0.717, 1.165) is 12.8 Å². The van der Waals surface area contributed by atoms with E-state index in [0.29, 0.717) is 0 Å². The minimum atomic E-state index is 1.14. The molecule has 0 aromatic rings. The smallest absolute Gasteiger partial charge is 0.00860 e. The van der Waals surface area contributed by atoms with Crippen molar-refractivity contribution in [1.82, 2.24) is 0 Å². The van der Waals surface area contributed by atoms with Crippen LogP contribution in [0.25, 0.3) is 0 Å². The van der Waals surface area contributed by atoms with Crippen molar-refractivity contribution < 1.29 is 0 Å². The maximum Gasteiger partial charge on any atom is -0.00860 e. The van der Waals surface area contributed by atoms with E-state index in [4.69, 9.17) is 0 Å². The standard InChI is InChI=1S/C14H18/c1-9-5-7-13(11(9)3)14-8-6-10(2)12(14)4/h5-6H,7-8H2,1-4H3. The van der Waals surface area contributed by atoms with E-state index in [9.17, 15) is 0 Å². The van der Waals surface area contributed by atoms with Crippen LogP contribution in [0.2, 0.25) is 0 Å². The Kier molecular flexibility index (Phi) is 2.22. The summed E-state index contributed by atoms with van der Waals surface area (Å²) in [6.07, 6.45) is 6.98. The largest absolute Gasteiger partial charge is 0.0769 e. The zero-order chi connectivity index (χ0) is 10.3. The van der Waals surface area contributed by atoms with E-state index in [1.807, 2.05) is 0 Å². The molecular weight excluding hydrogens is 168 g/mol. The molecule has 0 radical (unpaired) electrons. The number of rotatable bonds is 1. The molecule has 0 nitrogen and oxygen atoms in total. The highest BCUT2D eigenvalue weighted by atomic mass is 14.2. The van der Waals surface area contributed by atoms with Crippen molar-refractivity contribution in [2.45, 2.75) is 40.5 Å². The van der Waals surface area contributed by atoms with E-state index < -0.39 is 0 Å². The third-order valence-electron chi connectivity index (χ3n) is 3.68. The first kappa shape index (κ1) is 9.51. The highest BCUT2D eigenvalue weighted by Crippen LogP contribution is 2.38. The summed E-state index contributed by atoms with van der Waals surface area (Å²) < 4.78 is 0. The molecule has 0 aromatic carbocycles. The number of allylic oxidation sites excluding steroid dienone is 8. The molecule has 0 spiro atoms. The van der Waals surface area contributed by atoms with Gasteiger partial charge >= 0.3 is 0 Å². The average Bonchev–Trinajstić information content (AvgIpc) is 2.63. The Morgan fingerprint density at radius 3 is 1.29 bits per heavy atom. The van der Waals surface area contributed by atoms with Gasteiger partial charge in [0.05, 0.1) is 0 Å². The van der Waals surface area contributed by atoms with E-state index in [1.54, 1.807) is 11.1 Å². The summed E-state index contributed by atoms with van der Waals surface area (Å²) in [5.74, 6) is 0. The molecule has 2 aliphatic carbocycles. The minimum absolute atomic E-state index is 1.14. The first-order valence-electron chi connectivity index (χ1n) is 5.35. The summed E-state index contributed by atoms with van der Waals surface area (Å²) in [6, 6.07) is 0. The van der Waals surface area contributed by atoms with Crippen molar-refractivity contribution in [2.75, 3.05) is 0 Å². The van der Waals surface area contributed by atoms with Crippen LogP contribution >= 0.6 is 0 Å². The lowest BCUT2D eigenvalue weighted by atomic mass is 9.96. The fraction of sp³-hybridized carbons (Fsp3) is 0.429. The van der Waals surface area contributed by atoms with Gasteiger partial charge in [-0.05, 0) is 62.8 Å². The lowest BCUT2D eigenvalue weighted by Gasteiger charge is -2.08. The number of hydrogen-bond acceptors (Lipinski definition) is 0. The monoisotopic (exact) mass is 186 g/mol. The zero-order valence-corrected chi connectivity index (χ0v) is 9.57. The number of hydrogen-bond donors (Lipinski definition) is 0. The molecule has 0 fully saturated rings. The van der Waals surface area contributed by atoms with Crippen LogP contribution in [0.5, 0.6) is 0 Å². The molecule has 14 heavy (non-hydrogen) atoms. The molecule has 74 valence electrons. The molecule has 0 saturated heterocycles. The molecule has 2 aliphatic rings. The van der Waals surface area contributed by atoms with Crippen molar-refractivity contribution in [3.8, 4) is 0 Å². The van der Waals surface area contributed by atoms with E-state index in [1.165, 1.54) is 22.3 Å². The van der Waals surface area contributed by atoms with Crippen LogP contribution in [0.3, 0.4) is 0 Å². The second kappa shape index (κ2) is 3.27. The lowest BCUT2D eigenvalue weighted by Crippen LogP contribution is -1.90. The average molecular weight is 186 g/mol. The van der Waals surface area contributed by atoms with Gasteiger partial charge in [0.25, 0.3) is 0 Å². The molecule has 0 heterocycles. The van der Waals surface area contributed by atoms with Gasteiger partial charge in [0, 0.05) is 0 Å². The molecule has 0 unspecified atom stereocenters.